The van der Waals surface area contributed by atoms with Gasteiger partial charge in [-0.2, -0.15) is 0 Å². The molecule has 0 aliphatic carbocycles. The number of amides is 2. The van der Waals surface area contributed by atoms with E-state index >= 15 is 0 Å². The molecule has 0 radical (unpaired) electrons. The van der Waals surface area contributed by atoms with Crippen LogP contribution in [0.1, 0.15) is 38.2 Å². The first-order valence-corrected chi connectivity index (χ1v) is 10.9. The van der Waals surface area contributed by atoms with Gasteiger partial charge >= 0.3 is 0 Å². The Morgan fingerprint density at radius 3 is 2.24 bits per heavy atom. The maximum absolute atomic E-state index is 13.2. The van der Waals surface area contributed by atoms with E-state index in [0.29, 0.717) is 27.8 Å². The van der Waals surface area contributed by atoms with Gasteiger partial charge in [0.2, 0.25) is 0 Å². The molecule has 4 nitrogen and oxygen atoms in total. The second-order valence-electron chi connectivity index (χ2n) is 6.81. The third kappa shape index (κ3) is 5.03. The number of halogens is 1. The Morgan fingerprint density at radius 1 is 0.931 bits per heavy atom. The summed E-state index contributed by atoms with van der Waals surface area (Å²) in [6, 6.07) is 14.5. The molecule has 6 heteroatoms. The highest BCUT2D eigenvalue weighted by Crippen LogP contribution is 2.40. The Bertz CT molecular complexity index is 907. The summed E-state index contributed by atoms with van der Waals surface area (Å²) < 4.78 is 5.21. The molecule has 29 heavy (non-hydrogen) atoms. The molecule has 0 saturated heterocycles. The minimum atomic E-state index is -0.229. The predicted octanol–water partition coefficient (Wildman–Crippen LogP) is 5.80. The van der Waals surface area contributed by atoms with Gasteiger partial charge in [-0.3, -0.25) is 14.5 Å². The number of methoxy groups -OCH3 is 1. The van der Waals surface area contributed by atoms with Gasteiger partial charge < -0.3 is 4.74 Å². The number of carbonyl (C=O) groups excluding carboxylic acids is 2. The zero-order chi connectivity index (χ0) is 20.8. The average molecular weight is 430 g/mol. The minimum Gasteiger partial charge on any atom is -0.497 e. The summed E-state index contributed by atoms with van der Waals surface area (Å²) in [6.45, 7) is 2.58. The summed E-state index contributed by atoms with van der Waals surface area (Å²) in [5, 5.41) is 0.630. The van der Waals surface area contributed by atoms with Gasteiger partial charge in [0, 0.05) is 16.5 Å². The fourth-order valence-corrected chi connectivity index (χ4v) is 4.32. The van der Waals surface area contributed by atoms with Crippen molar-refractivity contribution >= 4 is 40.8 Å². The minimum absolute atomic E-state index is 0.225. The highest BCUT2D eigenvalue weighted by atomic mass is 35.5. The van der Waals surface area contributed by atoms with Crippen LogP contribution in [-0.4, -0.2) is 30.4 Å². The summed E-state index contributed by atoms with van der Waals surface area (Å²) in [7, 11) is 1.60. The van der Waals surface area contributed by atoms with Crippen LogP contribution in [0.15, 0.2) is 58.3 Å². The molecule has 0 aromatic heterocycles. The Labute approximate surface area is 180 Å². The molecule has 0 spiro atoms. The summed E-state index contributed by atoms with van der Waals surface area (Å²) in [5.74, 6) is 0.250. The fourth-order valence-electron chi connectivity index (χ4n) is 3.18. The van der Waals surface area contributed by atoms with Crippen molar-refractivity contribution in [3.8, 4) is 5.75 Å². The van der Waals surface area contributed by atoms with E-state index < -0.39 is 0 Å². The normalized spacial score (nSPS) is 14.1. The van der Waals surface area contributed by atoms with Gasteiger partial charge in [-0.05, 0) is 48.4 Å². The number of carbonyl (C=O) groups is 2. The largest absolute Gasteiger partial charge is 0.497 e. The summed E-state index contributed by atoms with van der Waals surface area (Å²) >= 11 is 7.29. The summed E-state index contributed by atoms with van der Waals surface area (Å²) in [4.78, 5) is 29.0. The van der Waals surface area contributed by atoms with Crippen LogP contribution in [0, 0.1) is 0 Å². The van der Waals surface area contributed by atoms with Crippen molar-refractivity contribution in [1.82, 2.24) is 4.90 Å². The zero-order valence-electron chi connectivity index (χ0n) is 16.6. The molecule has 2 aromatic carbocycles. The van der Waals surface area contributed by atoms with Gasteiger partial charge in [-0.1, -0.05) is 61.7 Å². The smallest absolute Gasteiger partial charge is 0.268 e. The number of imide groups is 1. The molecule has 1 heterocycles. The van der Waals surface area contributed by atoms with Gasteiger partial charge in [0.05, 0.1) is 17.6 Å². The fraction of sp³-hybridized carbons (Fsp3) is 0.304. The van der Waals surface area contributed by atoms with E-state index in [4.69, 9.17) is 16.3 Å². The molecule has 0 fully saturated rings. The van der Waals surface area contributed by atoms with Crippen molar-refractivity contribution in [1.29, 1.82) is 0 Å². The highest BCUT2D eigenvalue weighted by Gasteiger charge is 2.39. The van der Waals surface area contributed by atoms with Gasteiger partial charge in [0.1, 0.15) is 5.75 Å². The summed E-state index contributed by atoms with van der Waals surface area (Å²) in [5.41, 5.74) is 1.17. The molecule has 0 bridgehead atoms. The lowest BCUT2D eigenvalue weighted by Gasteiger charge is -2.15. The molecular weight excluding hydrogens is 406 g/mol. The van der Waals surface area contributed by atoms with Crippen LogP contribution >= 0.6 is 23.4 Å². The third-order valence-corrected chi connectivity index (χ3v) is 6.12. The van der Waals surface area contributed by atoms with Crippen LogP contribution in [0.5, 0.6) is 5.75 Å². The quantitative estimate of drug-likeness (QED) is 0.373. The van der Waals surface area contributed by atoms with Crippen molar-refractivity contribution in [2.75, 3.05) is 13.7 Å². The molecule has 0 saturated carbocycles. The highest BCUT2D eigenvalue weighted by molar-refractivity contribution is 8.04. The van der Waals surface area contributed by atoms with Crippen molar-refractivity contribution in [3.05, 3.63) is 64.0 Å². The molecule has 3 rings (SSSR count). The Balaban J connectivity index is 1.92. The van der Waals surface area contributed by atoms with Crippen molar-refractivity contribution in [2.24, 2.45) is 0 Å². The van der Waals surface area contributed by atoms with Gasteiger partial charge in [-0.25, -0.2) is 0 Å². The zero-order valence-corrected chi connectivity index (χ0v) is 18.2. The van der Waals surface area contributed by atoms with Crippen molar-refractivity contribution in [2.45, 2.75) is 37.5 Å². The topological polar surface area (TPSA) is 46.6 Å². The van der Waals surface area contributed by atoms with Crippen LogP contribution in [0.3, 0.4) is 0 Å². The molecule has 0 unspecified atom stereocenters. The Hall–Kier alpha value is -2.24. The number of rotatable bonds is 9. The maximum atomic E-state index is 13.2. The van der Waals surface area contributed by atoms with Crippen LogP contribution in [0.25, 0.3) is 5.57 Å². The maximum Gasteiger partial charge on any atom is 0.268 e. The van der Waals surface area contributed by atoms with E-state index in [1.54, 1.807) is 31.4 Å². The monoisotopic (exact) mass is 429 g/mol. The van der Waals surface area contributed by atoms with Crippen LogP contribution in [-0.2, 0) is 9.59 Å². The van der Waals surface area contributed by atoms with E-state index in [1.807, 2.05) is 24.3 Å². The van der Waals surface area contributed by atoms with E-state index in [-0.39, 0.29) is 11.8 Å². The van der Waals surface area contributed by atoms with E-state index in [9.17, 15) is 9.59 Å². The van der Waals surface area contributed by atoms with E-state index in [1.165, 1.54) is 16.7 Å². The molecule has 152 valence electrons. The summed E-state index contributed by atoms with van der Waals surface area (Å²) in [6.07, 6.45) is 4.03. The first-order chi connectivity index (χ1) is 14.0. The van der Waals surface area contributed by atoms with Crippen molar-refractivity contribution in [3.63, 3.8) is 0 Å². The van der Waals surface area contributed by atoms with Gasteiger partial charge in [0.25, 0.3) is 11.8 Å². The molecule has 0 atom stereocenters. The van der Waals surface area contributed by atoms with Gasteiger partial charge in [-0.15, -0.1) is 0 Å². The van der Waals surface area contributed by atoms with E-state index in [2.05, 4.69) is 6.92 Å². The number of thioether (sulfide) groups is 1. The average Bonchev–Trinajstić information content (AvgIpc) is 2.97. The standard InChI is InChI=1S/C23H24ClNO3S/c1-3-4-5-6-15-25-22(26)20(16-7-11-18(28-2)12-8-16)21(23(25)27)29-19-13-9-17(24)10-14-19/h7-14H,3-6,15H2,1-2H3. The number of benzene rings is 2. The lowest BCUT2D eigenvalue weighted by atomic mass is 10.1. The number of nitrogens with zero attached hydrogens (tertiary/aromatic N) is 1. The van der Waals surface area contributed by atoms with E-state index in [0.717, 1.165) is 36.1 Å². The van der Waals surface area contributed by atoms with Crippen LogP contribution in [0.2, 0.25) is 5.02 Å². The second-order valence-corrected chi connectivity index (χ2v) is 8.33. The Morgan fingerprint density at radius 2 is 1.62 bits per heavy atom. The molecule has 2 aromatic rings. The lowest BCUT2D eigenvalue weighted by molar-refractivity contribution is -0.136. The second kappa shape index (κ2) is 9.99. The molecule has 1 aliphatic heterocycles. The predicted molar refractivity (Wildman–Crippen MR) is 118 cm³/mol. The first kappa shape index (κ1) is 21.5. The number of hydrogen-bond donors (Lipinski definition) is 0. The van der Waals surface area contributed by atoms with Crippen molar-refractivity contribution < 1.29 is 14.3 Å². The molecule has 1 aliphatic rings. The third-order valence-electron chi connectivity index (χ3n) is 4.77. The Kier molecular flexibility index (Phi) is 7.40. The SMILES string of the molecule is CCCCCCN1C(=O)C(Sc2ccc(Cl)cc2)=C(c2ccc(OC)cc2)C1=O. The molecule has 2 amide bonds. The first-order valence-electron chi connectivity index (χ1n) is 9.73. The number of ether oxygens (including phenoxy) is 1. The number of unbranched alkanes of at least 4 members (excludes halogenated alkanes) is 3. The molecular formula is C23H24ClNO3S. The van der Waals surface area contributed by atoms with Gasteiger partial charge in [0.15, 0.2) is 0 Å². The number of hydrogen-bond acceptors (Lipinski definition) is 4. The van der Waals surface area contributed by atoms with Crippen LogP contribution < -0.4 is 4.74 Å². The molecule has 0 N–H and O–H groups in total. The van der Waals surface area contributed by atoms with Crippen LogP contribution in [0.4, 0.5) is 0 Å². The lowest BCUT2D eigenvalue weighted by Crippen LogP contribution is -2.32.